The molecule has 2 N–H and O–H groups in total. The minimum atomic E-state index is -0.244. The highest BCUT2D eigenvalue weighted by Gasteiger charge is 2.15. The molecule has 0 saturated heterocycles. The average molecular weight is 453 g/mol. The standard InChI is InChI=1S/C27H24N4O3/c32-13-12-29-27(33)22-8-10-25-24(15-22)30-26(31(25)17-19-4-3-11-28-16-19)18-34-23-9-7-20-5-1-2-6-21(20)14-23/h1-11,14-16,32H,12-13,17-18H2,(H,29,33). The van der Waals surface area contributed by atoms with Crippen molar-refractivity contribution in [2.24, 2.45) is 0 Å². The first-order chi connectivity index (χ1) is 16.7. The highest BCUT2D eigenvalue weighted by Crippen LogP contribution is 2.24. The number of amides is 1. The summed E-state index contributed by atoms with van der Waals surface area (Å²) in [4.78, 5) is 21.4. The fourth-order valence-corrected chi connectivity index (χ4v) is 3.96. The Morgan fingerprint density at radius 2 is 1.88 bits per heavy atom. The number of pyridine rings is 1. The molecule has 2 heterocycles. The molecule has 0 atom stereocenters. The third-order valence-electron chi connectivity index (χ3n) is 5.64. The number of benzene rings is 3. The van der Waals surface area contributed by atoms with Crippen LogP contribution < -0.4 is 10.1 Å². The van der Waals surface area contributed by atoms with Crippen LogP contribution >= 0.6 is 0 Å². The van der Waals surface area contributed by atoms with E-state index in [1.807, 2.05) is 54.7 Å². The van der Waals surface area contributed by atoms with Crippen LogP contribution in [-0.4, -0.2) is 38.7 Å². The summed E-state index contributed by atoms with van der Waals surface area (Å²) in [7, 11) is 0. The minimum Gasteiger partial charge on any atom is -0.486 e. The zero-order chi connectivity index (χ0) is 23.3. The molecule has 0 fully saturated rings. The van der Waals surface area contributed by atoms with Gasteiger partial charge in [0.15, 0.2) is 0 Å². The molecule has 7 nitrogen and oxygen atoms in total. The number of carbonyl (C=O) groups excluding carboxylic acids is 1. The Morgan fingerprint density at radius 1 is 1.00 bits per heavy atom. The number of fused-ring (bicyclic) bond motifs is 2. The van der Waals surface area contributed by atoms with Gasteiger partial charge < -0.3 is 19.7 Å². The van der Waals surface area contributed by atoms with Crippen LogP contribution in [0.2, 0.25) is 0 Å². The van der Waals surface area contributed by atoms with Crippen molar-refractivity contribution in [2.75, 3.05) is 13.2 Å². The maximum absolute atomic E-state index is 12.4. The van der Waals surface area contributed by atoms with Crippen LogP contribution in [0.4, 0.5) is 0 Å². The first-order valence-corrected chi connectivity index (χ1v) is 11.1. The third-order valence-corrected chi connectivity index (χ3v) is 5.64. The number of ether oxygens (including phenoxy) is 1. The minimum absolute atomic E-state index is 0.107. The lowest BCUT2D eigenvalue weighted by Crippen LogP contribution is -2.26. The first-order valence-electron chi connectivity index (χ1n) is 11.1. The summed E-state index contributed by atoms with van der Waals surface area (Å²) in [6.07, 6.45) is 3.58. The highest BCUT2D eigenvalue weighted by atomic mass is 16.5. The summed E-state index contributed by atoms with van der Waals surface area (Å²) >= 11 is 0. The molecule has 1 amide bonds. The molecular formula is C27H24N4O3. The van der Waals surface area contributed by atoms with Gasteiger partial charge in [-0.15, -0.1) is 0 Å². The van der Waals surface area contributed by atoms with Crippen LogP contribution in [-0.2, 0) is 13.2 Å². The highest BCUT2D eigenvalue weighted by molar-refractivity contribution is 5.97. The molecule has 5 rings (SSSR count). The first kappa shape index (κ1) is 21.6. The lowest BCUT2D eigenvalue weighted by molar-refractivity contribution is 0.0945. The van der Waals surface area contributed by atoms with Crippen LogP contribution in [0.25, 0.3) is 21.8 Å². The van der Waals surface area contributed by atoms with Crippen molar-refractivity contribution >= 4 is 27.7 Å². The number of aliphatic hydroxyl groups excluding tert-OH is 1. The molecule has 0 radical (unpaired) electrons. The molecule has 34 heavy (non-hydrogen) atoms. The van der Waals surface area contributed by atoms with Crippen molar-refractivity contribution in [2.45, 2.75) is 13.2 Å². The normalized spacial score (nSPS) is 11.1. The van der Waals surface area contributed by atoms with E-state index < -0.39 is 0 Å². The van der Waals surface area contributed by atoms with Crippen molar-refractivity contribution in [3.05, 3.63) is 102 Å². The van der Waals surface area contributed by atoms with Crippen LogP contribution in [0.3, 0.4) is 0 Å². The summed E-state index contributed by atoms with van der Waals surface area (Å²) < 4.78 is 8.22. The van der Waals surface area contributed by atoms with Crippen molar-refractivity contribution in [3.8, 4) is 5.75 Å². The van der Waals surface area contributed by atoms with Crippen molar-refractivity contribution in [3.63, 3.8) is 0 Å². The van der Waals surface area contributed by atoms with Gasteiger partial charge in [-0.1, -0.05) is 36.4 Å². The average Bonchev–Trinajstić information content (AvgIpc) is 3.22. The largest absolute Gasteiger partial charge is 0.486 e. The predicted octanol–water partition coefficient (Wildman–Crippen LogP) is 3.93. The van der Waals surface area contributed by atoms with Crippen molar-refractivity contribution in [1.29, 1.82) is 0 Å². The third kappa shape index (κ3) is 4.60. The topological polar surface area (TPSA) is 89.3 Å². The maximum Gasteiger partial charge on any atom is 0.251 e. The molecule has 0 aliphatic rings. The zero-order valence-electron chi connectivity index (χ0n) is 18.5. The van der Waals surface area contributed by atoms with E-state index in [2.05, 4.69) is 27.0 Å². The second kappa shape index (κ2) is 9.72. The maximum atomic E-state index is 12.4. The van der Waals surface area contributed by atoms with Gasteiger partial charge in [-0.05, 0) is 52.7 Å². The van der Waals surface area contributed by atoms with Gasteiger partial charge in [-0.2, -0.15) is 0 Å². The van der Waals surface area contributed by atoms with Gasteiger partial charge in [0.2, 0.25) is 0 Å². The molecule has 0 aliphatic carbocycles. The van der Waals surface area contributed by atoms with Crippen LogP contribution in [0.1, 0.15) is 21.7 Å². The Balaban J connectivity index is 1.47. The van der Waals surface area contributed by atoms with Gasteiger partial charge in [0.05, 0.1) is 24.2 Å². The smallest absolute Gasteiger partial charge is 0.251 e. The Morgan fingerprint density at radius 3 is 2.71 bits per heavy atom. The monoisotopic (exact) mass is 452 g/mol. The second-order valence-electron chi connectivity index (χ2n) is 7.96. The van der Waals surface area contributed by atoms with Gasteiger partial charge >= 0.3 is 0 Å². The number of carbonyl (C=O) groups is 1. The Hall–Kier alpha value is -4.23. The van der Waals surface area contributed by atoms with E-state index in [1.54, 1.807) is 18.3 Å². The van der Waals surface area contributed by atoms with Gasteiger partial charge in [-0.3, -0.25) is 9.78 Å². The van der Waals surface area contributed by atoms with Crippen molar-refractivity contribution < 1.29 is 14.6 Å². The number of aromatic nitrogens is 3. The predicted molar refractivity (Wildman–Crippen MR) is 131 cm³/mol. The van der Waals surface area contributed by atoms with E-state index in [4.69, 9.17) is 14.8 Å². The number of nitrogens with one attached hydrogen (secondary N) is 1. The molecule has 0 spiro atoms. The molecule has 0 unspecified atom stereocenters. The molecule has 0 saturated carbocycles. The van der Waals surface area contributed by atoms with Crippen molar-refractivity contribution in [1.82, 2.24) is 19.9 Å². The number of imidazole rings is 1. The van der Waals surface area contributed by atoms with Gasteiger partial charge in [0, 0.05) is 24.5 Å². The molecule has 170 valence electrons. The van der Waals surface area contributed by atoms with Crippen LogP contribution in [0.5, 0.6) is 5.75 Å². The quantitative estimate of drug-likeness (QED) is 0.372. The molecule has 3 aromatic carbocycles. The molecule has 7 heteroatoms. The Kier molecular flexibility index (Phi) is 6.18. The second-order valence-corrected chi connectivity index (χ2v) is 7.96. The SMILES string of the molecule is O=C(NCCO)c1ccc2c(c1)nc(COc1ccc3ccccc3c1)n2Cc1cccnc1. The van der Waals surface area contributed by atoms with E-state index in [-0.39, 0.29) is 25.7 Å². The number of aliphatic hydroxyl groups is 1. The van der Waals surface area contributed by atoms with E-state index in [0.29, 0.717) is 17.6 Å². The number of hydrogen-bond acceptors (Lipinski definition) is 5. The van der Waals surface area contributed by atoms with E-state index in [0.717, 1.165) is 33.4 Å². The van der Waals surface area contributed by atoms with Crippen LogP contribution in [0, 0.1) is 0 Å². The Bertz CT molecular complexity index is 1450. The number of rotatable bonds is 8. The number of nitrogens with zero attached hydrogens (tertiary/aromatic N) is 3. The Labute approximate surface area is 196 Å². The lowest BCUT2D eigenvalue weighted by atomic mass is 10.1. The zero-order valence-corrected chi connectivity index (χ0v) is 18.5. The molecule has 0 bridgehead atoms. The summed E-state index contributed by atoms with van der Waals surface area (Å²) in [6.45, 7) is 0.956. The van der Waals surface area contributed by atoms with Gasteiger partial charge in [0.1, 0.15) is 18.2 Å². The number of hydrogen-bond donors (Lipinski definition) is 2. The summed E-state index contributed by atoms with van der Waals surface area (Å²) in [5, 5.41) is 13.9. The summed E-state index contributed by atoms with van der Waals surface area (Å²) in [5.41, 5.74) is 3.14. The summed E-state index contributed by atoms with van der Waals surface area (Å²) in [5.74, 6) is 1.27. The van der Waals surface area contributed by atoms with E-state index in [9.17, 15) is 4.79 Å². The molecular weight excluding hydrogens is 428 g/mol. The van der Waals surface area contributed by atoms with Gasteiger partial charge in [-0.25, -0.2) is 4.98 Å². The molecule has 2 aromatic heterocycles. The lowest BCUT2D eigenvalue weighted by Gasteiger charge is -2.11. The molecule has 0 aliphatic heterocycles. The van der Waals surface area contributed by atoms with Crippen LogP contribution in [0.15, 0.2) is 85.2 Å². The summed E-state index contributed by atoms with van der Waals surface area (Å²) in [6, 6.07) is 23.5. The van der Waals surface area contributed by atoms with E-state index in [1.165, 1.54) is 0 Å². The molecule has 5 aromatic rings. The van der Waals surface area contributed by atoms with Gasteiger partial charge in [0.25, 0.3) is 5.91 Å². The fourth-order valence-electron chi connectivity index (χ4n) is 3.96. The fraction of sp³-hybridized carbons (Fsp3) is 0.148. The van der Waals surface area contributed by atoms with E-state index >= 15 is 0 Å².